The summed E-state index contributed by atoms with van der Waals surface area (Å²) in [6.07, 6.45) is 0. The Hall–Kier alpha value is -3.68. The summed E-state index contributed by atoms with van der Waals surface area (Å²) in [6.45, 7) is 1.49. The number of hydrogen-bond donors (Lipinski definition) is 2. The van der Waals surface area contributed by atoms with Crippen molar-refractivity contribution < 1.29 is 18.7 Å². The Kier molecular flexibility index (Phi) is 5.46. The van der Waals surface area contributed by atoms with Gasteiger partial charge in [-0.25, -0.2) is 0 Å². The number of benzene rings is 2. The first-order chi connectivity index (χ1) is 13.0. The Bertz CT molecular complexity index is 968. The Labute approximate surface area is 155 Å². The summed E-state index contributed by atoms with van der Waals surface area (Å²) in [7, 11) is 1.58. The van der Waals surface area contributed by atoms with Crippen LogP contribution in [0.3, 0.4) is 0 Å². The SMILES string of the molecule is COc1cccc(-c2nnc(CNC(=O)c3cccc(NC(C)=O)c3)o2)c1. The lowest BCUT2D eigenvalue weighted by atomic mass is 10.2. The van der Waals surface area contributed by atoms with Crippen LogP contribution < -0.4 is 15.4 Å². The highest BCUT2D eigenvalue weighted by molar-refractivity contribution is 5.96. The van der Waals surface area contributed by atoms with Crippen LogP contribution in [0.5, 0.6) is 5.75 Å². The number of ether oxygens (including phenoxy) is 1. The second-order valence-corrected chi connectivity index (χ2v) is 5.68. The average Bonchev–Trinajstić information content (AvgIpc) is 3.15. The summed E-state index contributed by atoms with van der Waals surface area (Å²) in [4.78, 5) is 23.4. The van der Waals surface area contributed by atoms with Crippen LogP contribution in [0, 0.1) is 0 Å². The minimum atomic E-state index is -0.316. The summed E-state index contributed by atoms with van der Waals surface area (Å²) in [6, 6.07) is 13.9. The maximum Gasteiger partial charge on any atom is 0.251 e. The van der Waals surface area contributed by atoms with E-state index in [9.17, 15) is 9.59 Å². The summed E-state index contributed by atoms with van der Waals surface area (Å²) in [5.41, 5.74) is 1.68. The molecule has 3 aromatic rings. The lowest BCUT2D eigenvalue weighted by molar-refractivity contribution is -0.114. The van der Waals surface area contributed by atoms with Gasteiger partial charge in [-0.1, -0.05) is 12.1 Å². The van der Waals surface area contributed by atoms with Gasteiger partial charge in [-0.2, -0.15) is 0 Å². The maximum absolute atomic E-state index is 12.3. The van der Waals surface area contributed by atoms with Gasteiger partial charge in [0, 0.05) is 23.7 Å². The molecule has 0 spiro atoms. The molecule has 2 aromatic carbocycles. The second kappa shape index (κ2) is 8.13. The molecule has 0 bridgehead atoms. The number of anilines is 1. The molecule has 8 nitrogen and oxygen atoms in total. The van der Waals surface area contributed by atoms with E-state index in [1.165, 1.54) is 6.92 Å². The molecule has 0 aliphatic rings. The number of carbonyl (C=O) groups excluding carboxylic acids is 2. The summed E-state index contributed by atoms with van der Waals surface area (Å²) in [5, 5.41) is 13.3. The van der Waals surface area contributed by atoms with Gasteiger partial charge >= 0.3 is 0 Å². The molecule has 2 amide bonds. The molecule has 0 unspecified atom stereocenters. The normalized spacial score (nSPS) is 10.3. The molecule has 0 fully saturated rings. The van der Waals surface area contributed by atoms with Gasteiger partial charge in [0.15, 0.2) is 0 Å². The number of methoxy groups -OCH3 is 1. The monoisotopic (exact) mass is 366 g/mol. The van der Waals surface area contributed by atoms with E-state index in [2.05, 4.69) is 20.8 Å². The molecule has 0 radical (unpaired) electrons. The molecule has 0 aliphatic carbocycles. The predicted octanol–water partition coefficient (Wildman–Crippen LogP) is 2.63. The standard InChI is InChI=1S/C19H18N4O4/c1-12(24)21-15-7-3-5-13(9-15)18(25)20-11-17-22-23-19(27-17)14-6-4-8-16(10-14)26-2/h3-10H,11H2,1-2H3,(H,20,25)(H,21,24). The van der Waals surface area contributed by atoms with Crippen molar-refractivity contribution in [3.05, 3.63) is 60.0 Å². The fourth-order valence-corrected chi connectivity index (χ4v) is 2.40. The van der Waals surface area contributed by atoms with Crippen molar-refractivity contribution in [1.82, 2.24) is 15.5 Å². The number of nitrogens with one attached hydrogen (secondary N) is 2. The fourth-order valence-electron chi connectivity index (χ4n) is 2.40. The summed E-state index contributed by atoms with van der Waals surface area (Å²) >= 11 is 0. The number of rotatable bonds is 6. The first kappa shape index (κ1) is 18.1. The van der Waals surface area contributed by atoms with Crippen molar-refractivity contribution in [3.8, 4) is 17.2 Å². The zero-order chi connectivity index (χ0) is 19.2. The third kappa shape index (κ3) is 4.69. The van der Waals surface area contributed by atoms with Crippen molar-refractivity contribution in [2.45, 2.75) is 13.5 Å². The summed E-state index contributed by atoms with van der Waals surface area (Å²) < 4.78 is 10.8. The molecule has 138 valence electrons. The van der Waals surface area contributed by atoms with Crippen molar-refractivity contribution in [2.24, 2.45) is 0 Å². The molecule has 27 heavy (non-hydrogen) atoms. The van der Waals surface area contributed by atoms with Crippen LogP contribution in [0.1, 0.15) is 23.2 Å². The van der Waals surface area contributed by atoms with Crippen LogP contribution in [0.15, 0.2) is 52.9 Å². The molecular formula is C19H18N4O4. The van der Waals surface area contributed by atoms with Gasteiger partial charge < -0.3 is 19.8 Å². The molecule has 0 aliphatic heterocycles. The van der Waals surface area contributed by atoms with Gasteiger partial charge in [0.1, 0.15) is 5.75 Å². The fraction of sp³-hybridized carbons (Fsp3) is 0.158. The minimum Gasteiger partial charge on any atom is -0.497 e. The van der Waals surface area contributed by atoms with Gasteiger partial charge in [0.05, 0.1) is 13.7 Å². The largest absolute Gasteiger partial charge is 0.497 e. The molecule has 0 saturated heterocycles. The number of nitrogens with zero attached hydrogens (tertiary/aromatic N) is 2. The third-order valence-electron chi connectivity index (χ3n) is 3.63. The first-order valence-corrected chi connectivity index (χ1v) is 8.18. The van der Waals surface area contributed by atoms with Crippen molar-refractivity contribution in [1.29, 1.82) is 0 Å². The molecule has 1 heterocycles. The first-order valence-electron chi connectivity index (χ1n) is 8.18. The van der Waals surface area contributed by atoms with E-state index in [-0.39, 0.29) is 24.2 Å². The molecule has 1 aromatic heterocycles. The van der Waals surface area contributed by atoms with Gasteiger partial charge in [0.2, 0.25) is 17.7 Å². The Morgan fingerprint density at radius 1 is 1.11 bits per heavy atom. The topological polar surface area (TPSA) is 106 Å². The molecule has 2 N–H and O–H groups in total. The molecule has 3 rings (SSSR count). The van der Waals surface area contributed by atoms with E-state index in [0.717, 1.165) is 5.56 Å². The van der Waals surface area contributed by atoms with E-state index in [0.29, 0.717) is 22.9 Å². The van der Waals surface area contributed by atoms with E-state index in [1.54, 1.807) is 37.4 Å². The van der Waals surface area contributed by atoms with Crippen LogP contribution in [-0.2, 0) is 11.3 Å². The van der Waals surface area contributed by atoms with Crippen LogP contribution >= 0.6 is 0 Å². The van der Waals surface area contributed by atoms with Crippen molar-refractivity contribution >= 4 is 17.5 Å². The zero-order valence-electron chi connectivity index (χ0n) is 14.9. The van der Waals surface area contributed by atoms with Crippen LogP contribution in [0.4, 0.5) is 5.69 Å². The van der Waals surface area contributed by atoms with E-state index in [1.807, 2.05) is 18.2 Å². The summed E-state index contributed by atoms with van der Waals surface area (Å²) in [5.74, 6) is 0.774. The molecular weight excluding hydrogens is 348 g/mol. The third-order valence-corrected chi connectivity index (χ3v) is 3.63. The van der Waals surface area contributed by atoms with E-state index >= 15 is 0 Å². The number of hydrogen-bond acceptors (Lipinski definition) is 6. The number of carbonyl (C=O) groups is 2. The second-order valence-electron chi connectivity index (χ2n) is 5.68. The van der Waals surface area contributed by atoms with Crippen LogP contribution in [0.2, 0.25) is 0 Å². The molecule has 0 atom stereocenters. The van der Waals surface area contributed by atoms with E-state index < -0.39 is 0 Å². The van der Waals surface area contributed by atoms with Gasteiger partial charge in [-0.05, 0) is 36.4 Å². The lowest BCUT2D eigenvalue weighted by Crippen LogP contribution is -2.23. The minimum absolute atomic E-state index is 0.0835. The molecule has 8 heteroatoms. The number of aromatic nitrogens is 2. The quantitative estimate of drug-likeness (QED) is 0.695. The van der Waals surface area contributed by atoms with Gasteiger partial charge in [0.25, 0.3) is 5.91 Å². The Morgan fingerprint density at radius 2 is 1.93 bits per heavy atom. The molecule has 0 saturated carbocycles. The maximum atomic E-state index is 12.3. The van der Waals surface area contributed by atoms with Gasteiger partial charge in [-0.15, -0.1) is 10.2 Å². The highest BCUT2D eigenvalue weighted by Crippen LogP contribution is 2.22. The zero-order valence-corrected chi connectivity index (χ0v) is 14.9. The van der Waals surface area contributed by atoms with Crippen molar-refractivity contribution in [3.63, 3.8) is 0 Å². The highest BCUT2D eigenvalue weighted by Gasteiger charge is 2.12. The number of amides is 2. The average molecular weight is 366 g/mol. The van der Waals surface area contributed by atoms with E-state index in [4.69, 9.17) is 9.15 Å². The Balaban J connectivity index is 1.64. The van der Waals surface area contributed by atoms with Crippen LogP contribution in [0.25, 0.3) is 11.5 Å². The van der Waals surface area contributed by atoms with Crippen LogP contribution in [-0.4, -0.2) is 29.1 Å². The predicted molar refractivity (Wildman–Crippen MR) is 98.2 cm³/mol. The highest BCUT2D eigenvalue weighted by atomic mass is 16.5. The lowest BCUT2D eigenvalue weighted by Gasteiger charge is -2.06. The Morgan fingerprint density at radius 3 is 2.70 bits per heavy atom. The smallest absolute Gasteiger partial charge is 0.251 e. The van der Waals surface area contributed by atoms with Crippen molar-refractivity contribution in [2.75, 3.05) is 12.4 Å². The van der Waals surface area contributed by atoms with Gasteiger partial charge in [-0.3, -0.25) is 9.59 Å².